The molecule has 3 amide bonds. The van der Waals surface area contributed by atoms with Crippen LogP contribution in [0.4, 0.5) is 9.59 Å². The fourth-order valence-corrected chi connectivity index (χ4v) is 4.59. The lowest BCUT2D eigenvalue weighted by atomic mass is 9.62. The topological polar surface area (TPSA) is 70.7 Å². The van der Waals surface area contributed by atoms with E-state index in [4.69, 9.17) is 0 Å². The average Bonchev–Trinajstić information content (AvgIpc) is 2.51. The van der Waals surface area contributed by atoms with Crippen molar-refractivity contribution in [1.29, 1.82) is 0 Å². The molecule has 1 saturated carbocycles. The van der Waals surface area contributed by atoms with Gasteiger partial charge in [0.2, 0.25) is 0 Å². The van der Waals surface area contributed by atoms with E-state index < -0.39 is 6.09 Å². The number of likely N-dealkylation sites (tertiary alicyclic amines) is 1. The molecule has 6 heteroatoms. The molecule has 2 rings (SSSR count). The molecule has 2 atom stereocenters. The number of ether oxygens (including phenoxy) is 1. The quantitative estimate of drug-likeness (QED) is 0.830. The van der Waals surface area contributed by atoms with Crippen LogP contribution in [0.2, 0.25) is 0 Å². The summed E-state index contributed by atoms with van der Waals surface area (Å²) in [7, 11) is 1.38. The van der Waals surface area contributed by atoms with Crippen molar-refractivity contribution in [3.05, 3.63) is 0 Å². The summed E-state index contributed by atoms with van der Waals surface area (Å²) in [5.41, 5.74) is 0.0838. The smallest absolute Gasteiger partial charge is 0.406 e. The first-order valence-electron chi connectivity index (χ1n) is 9.10. The lowest BCUT2D eigenvalue weighted by Crippen LogP contribution is -2.53. The molecule has 6 nitrogen and oxygen atoms in total. The molecule has 2 N–H and O–H groups in total. The Labute approximate surface area is 145 Å². The van der Waals surface area contributed by atoms with Crippen LogP contribution < -0.4 is 10.6 Å². The molecule has 1 saturated heterocycles. The first-order chi connectivity index (χ1) is 11.2. The van der Waals surface area contributed by atoms with E-state index in [9.17, 15) is 9.59 Å². The zero-order chi connectivity index (χ0) is 17.8. The van der Waals surface area contributed by atoms with Crippen molar-refractivity contribution >= 4 is 12.1 Å². The number of methoxy groups -OCH3 is 1. The van der Waals surface area contributed by atoms with Gasteiger partial charge in [-0.1, -0.05) is 20.8 Å². The van der Waals surface area contributed by atoms with E-state index in [1.807, 2.05) is 4.90 Å². The molecule has 0 radical (unpaired) electrons. The van der Waals surface area contributed by atoms with Crippen molar-refractivity contribution < 1.29 is 14.3 Å². The fraction of sp³-hybridized carbons (Fsp3) is 0.889. The first-order valence-corrected chi connectivity index (χ1v) is 9.10. The van der Waals surface area contributed by atoms with E-state index >= 15 is 0 Å². The minimum absolute atomic E-state index is 0.0458. The Balaban J connectivity index is 1.96. The van der Waals surface area contributed by atoms with Gasteiger partial charge in [0, 0.05) is 25.7 Å². The van der Waals surface area contributed by atoms with Gasteiger partial charge in [0.25, 0.3) is 0 Å². The number of carbonyl (C=O) groups excluding carboxylic acids is 2. The summed E-state index contributed by atoms with van der Waals surface area (Å²) in [6.07, 6.45) is 5.89. The number of hydrogen-bond donors (Lipinski definition) is 2. The number of alkyl carbamates (subject to hydrolysis) is 1. The highest BCUT2D eigenvalue weighted by Crippen LogP contribution is 2.45. The number of urea groups is 1. The third-order valence-electron chi connectivity index (χ3n) is 5.26. The predicted octanol–water partition coefficient (Wildman–Crippen LogP) is 3.12. The lowest BCUT2D eigenvalue weighted by molar-refractivity contribution is 0.0685. The van der Waals surface area contributed by atoms with Crippen LogP contribution in [0, 0.1) is 10.8 Å². The first kappa shape index (κ1) is 18.9. The molecule has 1 aliphatic heterocycles. The number of rotatable bonds is 3. The second-order valence-corrected chi connectivity index (χ2v) is 8.60. The molecular weight excluding hydrogens is 306 g/mol. The summed E-state index contributed by atoms with van der Waals surface area (Å²) in [5, 5.41) is 6.08. The molecule has 0 aromatic carbocycles. The van der Waals surface area contributed by atoms with Gasteiger partial charge < -0.3 is 20.3 Å². The van der Waals surface area contributed by atoms with Gasteiger partial charge in [-0.05, 0) is 49.4 Å². The Morgan fingerprint density at radius 3 is 2.42 bits per heavy atom. The van der Waals surface area contributed by atoms with E-state index in [0.717, 1.165) is 45.2 Å². The van der Waals surface area contributed by atoms with Crippen molar-refractivity contribution in [3.8, 4) is 0 Å². The fourth-order valence-electron chi connectivity index (χ4n) is 4.59. The maximum Gasteiger partial charge on any atom is 0.406 e. The minimum Gasteiger partial charge on any atom is -0.453 e. The number of nitrogens with one attached hydrogen (secondary N) is 2. The minimum atomic E-state index is -0.395. The Hall–Kier alpha value is -1.46. The van der Waals surface area contributed by atoms with E-state index in [0.29, 0.717) is 6.54 Å². The van der Waals surface area contributed by atoms with Crippen LogP contribution in [-0.2, 0) is 4.74 Å². The van der Waals surface area contributed by atoms with Gasteiger partial charge >= 0.3 is 12.1 Å². The van der Waals surface area contributed by atoms with Crippen LogP contribution in [0.25, 0.3) is 0 Å². The van der Waals surface area contributed by atoms with Crippen molar-refractivity contribution in [2.75, 3.05) is 26.7 Å². The summed E-state index contributed by atoms with van der Waals surface area (Å²) in [5.74, 6) is 0. The molecule has 0 aromatic rings. The summed E-state index contributed by atoms with van der Waals surface area (Å²) >= 11 is 0. The van der Waals surface area contributed by atoms with Crippen LogP contribution in [0.15, 0.2) is 0 Å². The summed E-state index contributed by atoms with van der Waals surface area (Å²) < 4.78 is 4.68. The largest absolute Gasteiger partial charge is 0.453 e. The van der Waals surface area contributed by atoms with E-state index in [-0.39, 0.29) is 22.9 Å². The molecule has 0 bridgehead atoms. The lowest BCUT2D eigenvalue weighted by Gasteiger charge is -2.47. The van der Waals surface area contributed by atoms with E-state index in [2.05, 4.69) is 36.1 Å². The summed E-state index contributed by atoms with van der Waals surface area (Å²) in [4.78, 5) is 25.9. The molecule has 1 heterocycles. The Bertz CT molecular complexity index is 460. The van der Waals surface area contributed by atoms with Gasteiger partial charge in [0.15, 0.2) is 0 Å². The molecule has 2 fully saturated rings. The number of nitrogens with zero attached hydrogens (tertiary/aromatic N) is 1. The van der Waals surface area contributed by atoms with Gasteiger partial charge in [-0.2, -0.15) is 0 Å². The maximum absolute atomic E-state index is 12.5. The highest BCUT2D eigenvalue weighted by Gasteiger charge is 2.42. The molecule has 1 aliphatic carbocycles. The van der Waals surface area contributed by atoms with Crippen LogP contribution in [-0.4, -0.2) is 49.8 Å². The monoisotopic (exact) mass is 339 g/mol. The van der Waals surface area contributed by atoms with Crippen LogP contribution in [0.1, 0.15) is 59.3 Å². The van der Waals surface area contributed by atoms with Crippen molar-refractivity contribution in [2.45, 2.75) is 65.3 Å². The second-order valence-electron chi connectivity index (χ2n) is 8.60. The van der Waals surface area contributed by atoms with Crippen LogP contribution >= 0.6 is 0 Å². The van der Waals surface area contributed by atoms with Crippen molar-refractivity contribution in [2.24, 2.45) is 10.8 Å². The van der Waals surface area contributed by atoms with Gasteiger partial charge in [-0.25, -0.2) is 9.59 Å². The highest BCUT2D eigenvalue weighted by molar-refractivity contribution is 5.74. The number of carbonyl (C=O) groups is 2. The van der Waals surface area contributed by atoms with Gasteiger partial charge in [-0.3, -0.25) is 0 Å². The van der Waals surface area contributed by atoms with Crippen molar-refractivity contribution in [1.82, 2.24) is 15.5 Å². The van der Waals surface area contributed by atoms with Crippen LogP contribution in [0.3, 0.4) is 0 Å². The molecule has 2 unspecified atom stereocenters. The van der Waals surface area contributed by atoms with Gasteiger partial charge in [0.1, 0.15) is 0 Å². The normalized spacial score (nSPS) is 29.7. The number of piperidine rings is 1. The Kier molecular flexibility index (Phi) is 5.99. The Morgan fingerprint density at radius 1 is 1.12 bits per heavy atom. The zero-order valence-corrected chi connectivity index (χ0v) is 15.6. The van der Waals surface area contributed by atoms with E-state index in [1.54, 1.807) is 0 Å². The molecular formula is C18H33N3O3. The number of hydrogen-bond acceptors (Lipinski definition) is 3. The third kappa shape index (κ3) is 5.28. The van der Waals surface area contributed by atoms with Gasteiger partial charge in [-0.15, -0.1) is 0 Å². The molecule has 0 aromatic heterocycles. The molecule has 138 valence electrons. The molecule has 24 heavy (non-hydrogen) atoms. The predicted molar refractivity (Wildman–Crippen MR) is 93.9 cm³/mol. The zero-order valence-electron chi connectivity index (χ0n) is 15.6. The maximum atomic E-state index is 12.5. The summed E-state index contributed by atoms with van der Waals surface area (Å²) in [6, 6.07) is 0.216. The summed E-state index contributed by atoms with van der Waals surface area (Å²) in [6.45, 7) is 8.96. The van der Waals surface area contributed by atoms with E-state index in [1.165, 1.54) is 13.5 Å². The average molecular weight is 339 g/mol. The van der Waals surface area contributed by atoms with Gasteiger partial charge in [0.05, 0.1) is 7.11 Å². The molecule has 2 aliphatic rings. The molecule has 0 spiro atoms. The van der Waals surface area contributed by atoms with Crippen molar-refractivity contribution in [3.63, 3.8) is 0 Å². The highest BCUT2D eigenvalue weighted by atomic mass is 16.5. The third-order valence-corrected chi connectivity index (χ3v) is 5.26. The second kappa shape index (κ2) is 7.62. The standard InChI is InChI=1S/C18H33N3O3/c1-17(2)10-14(20-15(22)21-8-6-5-7-9-21)11-18(3,12-17)13-19-16(23)24-4/h14H,5-13H2,1-4H3,(H,19,23)(H,20,22). The Morgan fingerprint density at radius 2 is 1.79 bits per heavy atom. The number of amides is 3. The van der Waals surface area contributed by atoms with Crippen LogP contribution in [0.5, 0.6) is 0 Å². The SMILES string of the molecule is COC(=O)NCC1(C)CC(NC(=O)N2CCCCC2)CC(C)(C)C1.